The average molecular weight is 415 g/mol. The van der Waals surface area contributed by atoms with Crippen molar-refractivity contribution >= 4 is 11.8 Å². The fourth-order valence-corrected chi connectivity index (χ4v) is 4.59. The van der Waals surface area contributed by atoms with E-state index in [4.69, 9.17) is 0 Å². The first-order chi connectivity index (χ1) is 14.9. The Kier molecular flexibility index (Phi) is 5.64. The SMILES string of the molecule is CC1(c2cc(-c3ccc(C(=O)O)cc3)cc(C(=O)c3ccccc3)c2O)CCCCC1. The maximum absolute atomic E-state index is 13.3. The van der Waals surface area contributed by atoms with Crippen LogP contribution >= 0.6 is 0 Å². The summed E-state index contributed by atoms with van der Waals surface area (Å²) in [5, 5.41) is 20.4. The summed E-state index contributed by atoms with van der Waals surface area (Å²) in [6.07, 6.45) is 5.29. The van der Waals surface area contributed by atoms with Crippen molar-refractivity contribution in [2.24, 2.45) is 0 Å². The lowest BCUT2D eigenvalue weighted by molar-refractivity contribution is 0.0696. The van der Waals surface area contributed by atoms with Crippen LogP contribution in [0.3, 0.4) is 0 Å². The highest BCUT2D eigenvalue weighted by molar-refractivity contribution is 6.11. The van der Waals surface area contributed by atoms with E-state index in [0.717, 1.165) is 42.4 Å². The largest absolute Gasteiger partial charge is 0.507 e. The van der Waals surface area contributed by atoms with Gasteiger partial charge in [0.1, 0.15) is 5.75 Å². The first-order valence-electron chi connectivity index (χ1n) is 10.7. The molecule has 31 heavy (non-hydrogen) atoms. The van der Waals surface area contributed by atoms with Gasteiger partial charge in [-0.3, -0.25) is 4.79 Å². The number of carbonyl (C=O) groups excluding carboxylic acids is 1. The summed E-state index contributed by atoms with van der Waals surface area (Å²) in [5.41, 5.74) is 3.23. The number of carbonyl (C=O) groups is 2. The number of hydrogen-bond donors (Lipinski definition) is 2. The highest BCUT2D eigenvalue weighted by Gasteiger charge is 2.33. The minimum absolute atomic E-state index is 0.0594. The average Bonchev–Trinajstić information content (AvgIpc) is 2.80. The molecule has 3 aromatic carbocycles. The van der Waals surface area contributed by atoms with Crippen molar-refractivity contribution in [1.29, 1.82) is 0 Å². The molecule has 0 atom stereocenters. The van der Waals surface area contributed by atoms with Crippen LogP contribution < -0.4 is 0 Å². The first-order valence-corrected chi connectivity index (χ1v) is 10.7. The Bertz CT molecular complexity index is 1110. The number of aromatic hydroxyl groups is 1. The molecule has 4 nitrogen and oxygen atoms in total. The van der Waals surface area contributed by atoms with Gasteiger partial charge in [0.15, 0.2) is 5.78 Å². The highest BCUT2D eigenvalue weighted by Crippen LogP contribution is 2.45. The van der Waals surface area contributed by atoms with Crippen LogP contribution in [0.4, 0.5) is 0 Å². The second kappa shape index (κ2) is 8.38. The van der Waals surface area contributed by atoms with Crippen molar-refractivity contribution in [2.45, 2.75) is 44.4 Å². The molecule has 0 spiro atoms. The standard InChI is InChI=1S/C27H26O4/c1-27(14-6-3-7-15-27)23-17-21(18-10-12-20(13-11-18)26(30)31)16-22(25(23)29)24(28)19-8-4-2-5-9-19/h2,4-5,8-13,16-17,29H,3,6-7,14-15H2,1H3,(H,30,31). The quantitative estimate of drug-likeness (QED) is 0.487. The van der Waals surface area contributed by atoms with Gasteiger partial charge in [0.05, 0.1) is 11.1 Å². The zero-order valence-electron chi connectivity index (χ0n) is 17.6. The Morgan fingerprint density at radius 3 is 2.06 bits per heavy atom. The second-order valence-electron chi connectivity index (χ2n) is 8.62. The van der Waals surface area contributed by atoms with E-state index in [2.05, 4.69) is 6.92 Å². The lowest BCUT2D eigenvalue weighted by Crippen LogP contribution is -2.25. The summed E-state index contributed by atoms with van der Waals surface area (Å²) in [5.74, 6) is -1.14. The first kappa shape index (κ1) is 20.9. The zero-order chi connectivity index (χ0) is 22.0. The Morgan fingerprint density at radius 2 is 1.45 bits per heavy atom. The lowest BCUT2D eigenvalue weighted by atomic mass is 9.69. The number of carboxylic acid groups (broad SMARTS) is 1. The fraction of sp³-hybridized carbons (Fsp3) is 0.259. The summed E-state index contributed by atoms with van der Waals surface area (Å²) in [4.78, 5) is 24.5. The van der Waals surface area contributed by atoms with Gasteiger partial charge in [-0.05, 0) is 53.6 Å². The number of ketones is 1. The Balaban J connectivity index is 1.88. The third-order valence-corrected chi connectivity index (χ3v) is 6.46. The predicted molar refractivity (Wildman–Crippen MR) is 121 cm³/mol. The smallest absolute Gasteiger partial charge is 0.335 e. The van der Waals surface area contributed by atoms with E-state index in [1.54, 1.807) is 42.5 Å². The minimum Gasteiger partial charge on any atom is -0.507 e. The van der Waals surface area contributed by atoms with E-state index in [1.807, 2.05) is 24.3 Å². The molecular formula is C27H26O4. The van der Waals surface area contributed by atoms with Gasteiger partial charge in [0.2, 0.25) is 0 Å². The number of aromatic carboxylic acids is 1. The Hall–Kier alpha value is -3.40. The van der Waals surface area contributed by atoms with Gasteiger partial charge >= 0.3 is 5.97 Å². The zero-order valence-corrected chi connectivity index (χ0v) is 17.6. The number of hydrogen-bond acceptors (Lipinski definition) is 3. The maximum Gasteiger partial charge on any atom is 0.335 e. The third kappa shape index (κ3) is 4.11. The number of carboxylic acids is 1. The predicted octanol–water partition coefficient (Wildman–Crippen LogP) is 6.21. The van der Waals surface area contributed by atoms with Crippen LogP contribution in [0.15, 0.2) is 66.7 Å². The topological polar surface area (TPSA) is 74.6 Å². The van der Waals surface area contributed by atoms with Crippen LogP contribution in [0.25, 0.3) is 11.1 Å². The molecule has 0 radical (unpaired) electrons. The van der Waals surface area contributed by atoms with Crippen molar-refractivity contribution in [3.8, 4) is 16.9 Å². The molecule has 158 valence electrons. The molecule has 4 heteroatoms. The summed E-state index contributed by atoms with van der Waals surface area (Å²) in [6, 6.07) is 19.3. The molecule has 0 amide bonds. The molecule has 0 aliphatic heterocycles. The molecule has 0 bridgehead atoms. The molecule has 0 aromatic heterocycles. The van der Waals surface area contributed by atoms with E-state index >= 15 is 0 Å². The molecule has 4 rings (SSSR count). The van der Waals surface area contributed by atoms with Gasteiger partial charge < -0.3 is 10.2 Å². The van der Waals surface area contributed by atoms with Crippen LogP contribution in [0, 0.1) is 0 Å². The molecule has 1 aliphatic carbocycles. The van der Waals surface area contributed by atoms with E-state index in [0.29, 0.717) is 5.56 Å². The number of rotatable bonds is 5. The molecule has 0 heterocycles. The van der Waals surface area contributed by atoms with Crippen LogP contribution in [-0.4, -0.2) is 22.0 Å². The van der Waals surface area contributed by atoms with E-state index < -0.39 is 5.97 Å². The molecular weight excluding hydrogens is 388 g/mol. The van der Waals surface area contributed by atoms with Gasteiger partial charge in [-0.15, -0.1) is 0 Å². The lowest BCUT2D eigenvalue weighted by Gasteiger charge is -2.35. The van der Waals surface area contributed by atoms with Crippen molar-refractivity contribution in [3.05, 3.63) is 89.0 Å². The van der Waals surface area contributed by atoms with Crippen molar-refractivity contribution in [2.75, 3.05) is 0 Å². The van der Waals surface area contributed by atoms with Crippen LogP contribution in [0.2, 0.25) is 0 Å². The van der Waals surface area contributed by atoms with Gasteiger partial charge in [0, 0.05) is 11.1 Å². The molecule has 1 saturated carbocycles. The summed E-state index contributed by atoms with van der Waals surface area (Å²) >= 11 is 0. The summed E-state index contributed by atoms with van der Waals surface area (Å²) in [6.45, 7) is 2.16. The van der Waals surface area contributed by atoms with Gasteiger partial charge in [-0.1, -0.05) is 68.7 Å². The fourth-order valence-electron chi connectivity index (χ4n) is 4.59. The van der Waals surface area contributed by atoms with Crippen molar-refractivity contribution < 1.29 is 19.8 Å². The highest BCUT2D eigenvalue weighted by atomic mass is 16.4. The molecule has 0 unspecified atom stereocenters. The molecule has 1 fully saturated rings. The third-order valence-electron chi connectivity index (χ3n) is 6.46. The van der Waals surface area contributed by atoms with Crippen LogP contribution in [0.5, 0.6) is 5.75 Å². The number of phenolic OH excluding ortho intramolecular Hbond substituents is 1. The molecule has 2 N–H and O–H groups in total. The van der Waals surface area contributed by atoms with Gasteiger partial charge in [-0.25, -0.2) is 4.79 Å². The number of phenols is 1. The summed E-state index contributed by atoms with van der Waals surface area (Å²) < 4.78 is 0. The maximum atomic E-state index is 13.3. The molecule has 3 aromatic rings. The molecule has 1 aliphatic rings. The van der Waals surface area contributed by atoms with E-state index in [-0.39, 0.29) is 28.1 Å². The van der Waals surface area contributed by atoms with Crippen LogP contribution in [-0.2, 0) is 5.41 Å². The van der Waals surface area contributed by atoms with Crippen molar-refractivity contribution in [1.82, 2.24) is 0 Å². The Labute approximate surface area is 182 Å². The van der Waals surface area contributed by atoms with E-state index in [9.17, 15) is 19.8 Å². The normalized spacial score (nSPS) is 15.4. The van der Waals surface area contributed by atoms with Gasteiger partial charge in [-0.2, -0.15) is 0 Å². The van der Waals surface area contributed by atoms with Crippen molar-refractivity contribution in [3.63, 3.8) is 0 Å². The minimum atomic E-state index is -0.979. The second-order valence-corrected chi connectivity index (χ2v) is 8.62. The number of benzene rings is 3. The van der Waals surface area contributed by atoms with Gasteiger partial charge in [0.25, 0.3) is 0 Å². The molecule has 0 saturated heterocycles. The van der Waals surface area contributed by atoms with E-state index in [1.165, 1.54) is 6.42 Å². The Morgan fingerprint density at radius 1 is 0.806 bits per heavy atom. The summed E-state index contributed by atoms with van der Waals surface area (Å²) in [7, 11) is 0. The van der Waals surface area contributed by atoms with Crippen LogP contribution in [0.1, 0.15) is 70.9 Å². The monoisotopic (exact) mass is 414 g/mol.